The van der Waals surface area contributed by atoms with E-state index in [1.807, 2.05) is 20.8 Å². The monoisotopic (exact) mass is 208 g/mol. The van der Waals surface area contributed by atoms with Crippen LogP contribution in [-0.4, -0.2) is 12.0 Å². The van der Waals surface area contributed by atoms with Crippen LogP contribution < -0.4 is 10.8 Å². The van der Waals surface area contributed by atoms with E-state index in [1.165, 1.54) is 0 Å². The Hall–Kier alpha value is -1.55. The molecule has 0 spiro atoms. The molecular weight excluding hydrogens is 192 g/mol. The van der Waals surface area contributed by atoms with Crippen LogP contribution in [0.4, 0.5) is 11.4 Å². The molecule has 0 saturated heterocycles. The molecule has 1 rings (SSSR count). The van der Waals surface area contributed by atoms with Crippen LogP contribution in [-0.2, 0) is 9.63 Å². The number of amides is 1. The van der Waals surface area contributed by atoms with E-state index in [4.69, 9.17) is 10.6 Å². The number of hydrogen-bond donors (Lipinski definition) is 1. The van der Waals surface area contributed by atoms with E-state index in [0.29, 0.717) is 17.8 Å². The molecule has 0 bridgehead atoms. The number of hydroxylamine groups is 1. The van der Waals surface area contributed by atoms with Gasteiger partial charge in [0.2, 0.25) is 6.41 Å². The molecule has 0 aliphatic carbocycles. The summed E-state index contributed by atoms with van der Waals surface area (Å²) in [5, 5.41) is 1.15. The number of rotatable bonds is 3. The molecule has 0 aromatic heterocycles. The van der Waals surface area contributed by atoms with Crippen LogP contribution in [0.2, 0.25) is 0 Å². The van der Waals surface area contributed by atoms with E-state index in [9.17, 15) is 4.79 Å². The molecule has 2 N–H and O–H groups in total. The fourth-order valence-corrected chi connectivity index (χ4v) is 1.11. The first-order valence-corrected chi connectivity index (χ1v) is 4.72. The molecule has 0 saturated carbocycles. The lowest BCUT2D eigenvalue weighted by molar-refractivity contribution is -0.120. The van der Waals surface area contributed by atoms with Gasteiger partial charge in [0.15, 0.2) is 0 Å². The van der Waals surface area contributed by atoms with Gasteiger partial charge in [0.05, 0.1) is 17.0 Å². The number of hydrogen-bond acceptors (Lipinski definition) is 3. The van der Waals surface area contributed by atoms with Crippen molar-refractivity contribution in [1.82, 2.24) is 0 Å². The van der Waals surface area contributed by atoms with E-state index in [0.717, 1.165) is 5.06 Å². The maximum absolute atomic E-state index is 10.9. The van der Waals surface area contributed by atoms with Crippen molar-refractivity contribution in [3.8, 4) is 0 Å². The highest BCUT2D eigenvalue weighted by Gasteiger charge is 2.18. The maximum Gasteiger partial charge on any atom is 0.238 e. The van der Waals surface area contributed by atoms with Crippen LogP contribution in [0.5, 0.6) is 0 Å². The molecule has 1 aromatic rings. The van der Waals surface area contributed by atoms with E-state index in [2.05, 4.69) is 0 Å². The lowest BCUT2D eigenvalue weighted by atomic mass is 10.2. The van der Waals surface area contributed by atoms with E-state index in [1.54, 1.807) is 24.3 Å². The summed E-state index contributed by atoms with van der Waals surface area (Å²) < 4.78 is 0. The minimum Gasteiger partial charge on any atom is -0.397 e. The van der Waals surface area contributed by atoms with E-state index in [-0.39, 0.29) is 0 Å². The van der Waals surface area contributed by atoms with E-state index < -0.39 is 5.60 Å². The predicted molar refractivity (Wildman–Crippen MR) is 60.2 cm³/mol. The van der Waals surface area contributed by atoms with Gasteiger partial charge in [-0.15, -0.1) is 0 Å². The Morgan fingerprint density at radius 1 is 1.33 bits per heavy atom. The largest absolute Gasteiger partial charge is 0.397 e. The second-order valence-electron chi connectivity index (χ2n) is 4.19. The third kappa shape index (κ3) is 3.25. The molecule has 0 aliphatic rings. The summed E-state index contributed by atoms with van der Waals surface area (Å²) in [7, 11) is 0. The number of carbonyl (C=O) groups excluding carboxylic acids is 1. The van der Waals surface area contributed by atoms with Crippen LogP contribution in [0.15, 0.2) is 24.3 Å². The molecule has 0 fully saturated rings. The normalized spacial score (nSPS) is 11.1. The Labute approximate surface area is 89.6 Å². The topological polar surface area (TPSA) is 55.6 Å². The highest BCUT2D eigenvalue weighted by Crippen LogP contribution is 2.24. The summed E-state index contributed by atoms with van der Waals surface area (Å²) in [6, 6.07) is 7.06. The lowest BCUT2D eigenvalue weighted by Crippen LogP contribution is -2.33. The van der Waals surface area contributed by atoms with E-state index >= 15 is 0 Å². The first-order valence-electron chi connectivity index (χ1n) is 4.72. The van der Waals surface area contributed by atoms with Gasteiger partial charge in [-0.05, 0) is 32.9 Å². The van der Waals surface area contributed by atoms with Crippen molar-refractivity contribution in [2.45, 2.75) is 26.4 Å². The van der Waals surface area contributed by atoms with Gasteiger partial charge in [0, 0.05) is 0 Å². The molecule has 0 atom stereocenters. The Morgan fingerprint density at radius 3 is 2.40 bits per heavy atom. The van der Waals surface area contributed by atoms with Crippen molar-refractivity contribution in [3.05, 3.63) is 24.3 Å². The average Bonchev–Trinajstić information content (AvgIpc) is 2.14. The Bertz CT molecular complexity index is 345. The SMILES string of the molecule is CC(C)(C)ON(C=O)c1ccccc1N. The van der Waals surface area contributed by atoms with Gasteiger partial charge in [0.25, 0.3) is 0 Å². The summed E-state index contributed by atoms with van der Waals surface area (Å²) in [5.41, 5.74) is 6.36. The van der Waals surface area contributed by atoms with Gasteiger partial charge < -0.3 is 5.73 Å². The van der Waals surface area contributed by atoms with Crippen molar-refractivity contribution < 1.29 is 9.63 Å². The number of nitrogen functional groups attached to an aromatic ring is 1. The fourth-order valence-electron chi connectivity index (χ4n) is 1.11. The summed E-state index contributed by atoms with van der Waals surface area (Å²) in [6.45, 7) is 5.59. The second kappa shape index (κ2) is 4.31. The molecule has 0 unspecified atom stereocenters. The molecule has 4 nitrogen and oxygen atoms in total. The third-order valence-corrected chi connectivity index (χ3v) is 1.64. The molecule has 82 valence electrons. The summed E-state index contributed by atoms with van der Waals surface area (Å²) in [5.74, 6) is 0. The standard InChI is InChI=1S/C11H16N2O2/c1-11(2,3)15-13(8-14)10-7-5-4-6-9(10)12/h4-8H,12H2,1-3H3. The zero-order valence-electron chi connectivity index (χ0n) is 9.23. The summed E-state index contributed by atoms with van der Waals surface area (Å²) in [6.07, 6.45) is 0.608. The molecule has 4 heteroatoms. The van der Waals surface area contributed by atoms with Gasteiger partial charge in [-0.1, -0.05) is 12.1 Å². The number of carbonyl (C=O) groups is 1. The first-order chi connectivity index (χ1) is 6.94. The zero-order valence-corrected chi connectivity index (χ0v) is 9.23. The molecule has 0 radical (unpaired) electrons. The van der Waals surface area contributed by atoms with Gasteiger partial charge in [0.1, 0.15) is 0 Å². The van der Waals surface area contributed by atoms with Gasteiger partial charge in [-0.2, -0.15) is 5.06 Å². The molecule has 1 amide bonds. The van der Waals surface area contributed by atoms with Gasteiger partial charge >= 0.3 is 0 Å². The smallest absolute Gasteiger partial charge is 0.238 e. The second-order valence-corrected chi connectivity index (χ2v) is 4.19. The zero-order chi connectivity index (χ0) is 11.5. The van der Waals surface area contributed by atoms with Gasteiger partial charge in [-0.25, -0.2) is 0 Å². The maximum atomic E-state index is 10.9. The van der Waals surface area contributed by atoms with Crippen LogP contribution >= 0.6 is 0 Å². The molecule has 1 aromatic carbocycles. The molecule has 15 heavy (non-hydrogen) atoms. The van der Waals surface area contributed by atoms with Gasteiger partial charge in [-0.3, -0.25) is 9.63 Å². The number of anilines is 2. The minimum absolute atomic E-state index is 0.441. The number of nitrogens with zero attached hydrogens (tertiary/aromatic N) is 1. The van der Waals surface area contributed by atoms with Crippen LogP contribution in [0.1, 0.15) is 20.8 Å². The lowest BCUT2D eigenvalue weighted by Gasteiger charge is -2.27. The summed E-state index contributed by atoms with van der Waals surface area (Å²) in [4.78, 5) is 16.3. The average molecular weight is 208 g/mol. The Morgan fingerprint density at radius 2 is 1.93 bits per heavy atom. The third-order valence-electron chi connectivity index (χ3n) is 1.64. The molecule has 0 aliphatic heterocycles. The Kier molecular flexibility index (Phi) is 3.31. The quantitative estimate of drug-likeness (QED) is 0.469. The summed E-state index contributed by atoms with van der Waals surface area (Å²) >= 11 is 0. The first kappa shape index (κ1) is 11.5. The van der Waals surface area contributed by atoms with Crippen LogP contribution in [0, 0.1) is 0 Å². The number of benzene rings is 1. The van der Waals surface area contributed by atoms with Crippen molar-refractivity contribution in [3.63, 3.8) is 0 Å². The predicted octanol–water partition coefficient (Wildman–Crippen LogP) is 1.96. The van der Waals surface area contributed by atoms with Crippen molar-refractivity contribution in [2.24, 2.45) is 0 Å². The number of nitrogens with two attached hydrogens (primary N) is 1. The van der Waals surface area contributed by atoms with Crippen LogP contribution in [0.3, 0.4) is 0 Å². The van der Waals surface area contributed by atoms with Crippen molar-refractivity contribution in [1.29, 1.82) is 0 Å². The Balaban J connectivity index is 2.93. The van der Waals surface area contributed by atoms with Crippen LogP contribution in [0.25, 0.3) is 0 Å². The van der Waals surface area contributed by atoms with Crippen molar-refractivity contribution in [2.75, 3.05) is 10.8 Å². The minimum atomic E-state index is -0.441. The highest BCUT2D eigenvalue weighted by molar-refractivity contribution is 5.80. The van der Waals surface area contributed by atoms with Crippen molar-refractivity contribution >= 4 is 17.8 Å². The number of para-hydroxylation sites is 2. The molecule has 0 heterocycles. The highest BCUT2D eigenvalue weighted by atomic mass is 16.7. The fraction of sp³-hybridized carbons (Fsp3) is 0.364. The molecular formula is C11H16N2O2.